The second-order valence-corrected chi connectivity index (χ2v) is 42.0. The summed E-state index contributed by atoms with van der Waals surface area (Å²) in [4.78, 5) is 0. The van der Waals surface area contributed by atoms with Gasteiger partial charge in [-0.05, 0) is 11.1 Å². The molecule has 0 saturated heterocycles. The first-order chi connectivity index (χ1) is 13.9. The topological polar surface area (TPSA) is 0 Å². The van der Waals surface area contributed by atoms with E-state index in [2.05, 4.69) is 113 Å². The normalized spacial score (nSPS) is 33.3. The molecule has 0 aromatic heterocycles. The Bertz CT molecular complexity index is 1090. The van der Waals surface area contributed by atoms with Gasteiger partial charge in [-0.1, -0.05) is 134 Å². The van der Waals surface area contributed by atoms with Crippen LogP contribution < -0.4 is 0 Å². The van der Waals surface area contributed by atoms with Crippen LogP contribution in [0.15, 0.2) is 92.7 Å². The van der Waals surface area contributed by atoms with Crippen LogP contribution in [-0.2, 0) is 0 Å². The maximum Gasteiger partial charge on any atom is 0.0790 e. The molecule has 0 fully saturated rings. The zero-order valence-corrected chi connectivity index (χ0v) is 23.9. The van der Waals surface area contributed by atoms with E-state index in [1.807, 2.05) is 20.8 Å². The van der Waals surface area contributed by atoms with Crippen molar-refractivity contribution >= 4 is 30.4 Å². The van der Waals surface area contributed by atoms with Gasteiger partial charge in [-0.25, -0.2) is 0 Å². The van der Waals surface area contributed by atoms with Crippen LogP contribution in [0.3, 0.4) is 0 Å². The average Bonchev–Trinajstić information content (AvgIpc) is 3.27. The first-order valence-corrected chi connectivity index (χ1v) is 25.6. The summed E-state index contributed by atoms with van der Waals surface area (Å²) < 4.78 is 0. The zero-order valence-electron chi connectivity index (χ0n) is 19.9. The number of hydrogen-bond donors (Lipinski definition) is 0. The van der Waals surface area contributed by atoms with E-state index in [-0.39, 0.29) is 0 Å². The molecule has 2 unspecified atom stereocenters. The van der Waals surface area contributed by atoms with Crippen LogP contribution in [0.4, 0.5) is 0 Å². The fourth-order valence-corrected chi connectivity index (χ4v) is 31.5. The van der Waals surface area contributed by atoms with Crippen LogP contribution in [0.2, 0.25) is 52.4 Å². The minimum absolute atomic E-state index is 0.532. The number of fused-ring (bicyclic) bond motifs is 4. The zero-order chi connectivity index (χ0) is 21.7. The average molecular weight is 461 g/mol. The summed E-state index contributed by atoms with van der Waals surface area (Å²) in [5.74, 6) is 1.09. The quantitative estimate of drug-likeness (QED) is 0.338. The fraction of sp³-hybridized carbons (Fsp3) is 0.385. The molecule has 30 heavy (non-hydrogen) atoms. The molecule has 0 saturated carbocycles. The summed E-state index contributed by atoms with van der Waals surface area (Å²) in [6.07, 6.45) is 24.4. The molecule has 5 aliphatic rings. The molecule has 0 aromatic rings. The van der Waals surface area contributed by atoms with Gasteiger partial charge in [-0.15, -0.1) is 0 Å². The first-order valence-electron chi connectivity index (χ1n) is 11.6. The largest absolute Gasteiger partial charge is 0.0790 e. The molecule has 2 atom stereocenters. The third kappa shape index (κ3) is 2.37. The lowest BCUT2D eigenvalue weighted by Crippen LogP contribution is -2.67. The Morgan fingerprint density at radius 1 is 0.667 bits per heavy atom. The van der Waals surface area contributed by atoms with Gasteiger partial charge >= 0.3 is 0 Å². The second kappa shape index (κ2) is 6.18. The third-order valence-electron chi connectivity index (χ3n) is 9.71. The van der Waals surface area contributed by atoms with Gasteiger partial charge < -0.3 is 0 Å². The van der Waals surface area contributed by atoms with Crippen LogP contribution in [0.5, 0.6) is 0 Å². The maximum absolute atomic E-state index is 2.74. The van der Waals surface area contributed by atoms with Crippen molar-refractivity contribution in [3.05, 3.63) is 92.7 Å². The Labute approximate surface area is 186 Å². The Balaban J connectivity index is 1.88. The van der Waals surface area contributed by atoms with Crippen molar-refractivity contribution in [2.24, 2.45) is 11.8 Å². The lowest BCUT2D eigenvalue weighted by atomic mass is 9.98. The Morgan fingerprint density at radius 3 is 2.07 bits per heavy atom. The molecule has 1 heterocycles. The molecule has 4 heteroatoms. The van der Waals surface area contributed by atoms with Gasteiger partial charge in [0.1, 0.15) is 0 Å². The summed E-state index contributed by atoms with van der Waals surface area (Å²) in [5.41, 5.74) is 3.25. The number of rotatable bonds is 0. The first kappa shape index (κ1) is 20.7. The highest BCUT2D eigenvalue weighted by molar-refractivity contribution is 7.52. The van der Waals surface area contributed by atoms with Crippen molar-refractivity contribution in [1.82, 2.24) is 0 Å². The van der Waals surface area contributed by atoms with Gasteiger partial charge in [-0.3, -0.25) is 0 Å². The summed E-state index contributed by atoms with van der Waals surface area (Å²) in [6, 6.07) is 0. The molecule has 0 spiro atoms. The van der Waals surface area contributed by atoms with Crippen LogP contribution >= 0.6 is 0 Å². The monoisotopic (exact) mass is 460 g/mol. The predicted molar refractivity (Wildman–Crippen MR) is 144 cm³/mol. The highest BCUT2D eigenvalue weighted by Crippen LogP contribution is 2.56. The van der Waals surface area contributed by atoms with Crippen molar-refractivity contribution in [1.29, 1.82) is 0 Å². The molecule has 0 bridgehead atoms. The Morgan fingerprint density at radius 2 is 1.33 bits per heavy atom. The van der Waals surface area contributed by atoms with E-state index in [1.54, 1.807) is 11.1 Å². The highest BCUT2D eigenvalue weighted by atomic mass is 29.3. The van der Waals surface area contributed by atoms with E-state index >= 15 is 0 Å². The molecular weight excluding hydrogens is 425 g/mol. The summed E-state index contributed by atoms with van der Waals surface area (Å²) in [7, 11) is -6.63. The predicted octanol–water partition coefficient (Wildman–Crippen LogP) is 7.10. The van der Waals surface area contributed by atoms with Crippen LogP contribution in [0.1, 0.15) is 0 Å². The van der Waals surface area contributed by atoms with Gasteiger partial charge in [0.25, 0.3) is 0 Å². The fourth-order valence-electron chi connectivity index (χ4n) is 6.52. The van der Waals surface area contributed by atoms with E-state index in [9.17, 15) is 0 Å². The standard InChI is InChI=1S/C26H36Si4/c1-27(2)23-17-19-13-9-11-15-21(19)25(23)29(5,6)30(7,8)26-22-16-12-10-14-20(22)18-24(26)28(27,3)4/h9-19,22H,1-8H3. The molecular formula is C26H36Si4. The minimum Gasteiger partial charge on any atom is -0.0744 e. The smallest absolute Gasteiger partial charge is 0.0744 e. The molecule has 0 amide bonds. The van der Waals surface area contributed by atoms with Gasteiger partial charge in [0.05, 0.1) is 30.4 Å². The number of hydrogen-bond acceptors (Lipinski definition) is 0. The van der Waals surface area contributed by atoms with Gasteiger partial charge in [0.15, 0.2) is 0 Å². The lowest BCUT2D eigenvalue weighted by Gasteiger charge is -2.53. The Kier molecular flexibility index (Phi) is 4.26. The minimum atomic E-state index is -1.68. The van der Waals surface area contributed by atoms with E-state index in [1.165, 1.54) is 0 Å². The summed E-state index contributed by atoms with van der Waals surface area (Å²) in [6.45, 7) is 21.8. The van der Waals surface area contributed by atoms with Crippen LogP contribution in [0.25, 0.3) is 0 Å². The van der Waals surface area contributed by atoms with Crippen molar-refractivity contribution in [2.45, 2.75) is 52.4 Å². The Hall–Kier alpha value is -1.21. The molecule has 0 aromatic carbocycles. The molecule has 0 N–H and O–H groups in total. The van der Waals surface area contributed by atoms with E-state index in [0.29, 0.717) is 11.8 Å². The van der Waals surface area contributed by atoms with Crippen molar-refractivity contribution in [3.8, 4) is 0 Å². The molecule has 0 radical (unpaired) electrons. The third-order valence-corrected chi connectivity index (χ3v) is 45.6. The van der Waals surface area contributed by atoms with Gasteiger partial charge in [-0.2, -0.15) is 0 Å². The summed E-state index contributed by atoms with van der Waals surface area (Å²) in [5, 5.41) is 7.53. The van der Waals surface area contributed by atoms with Crippen molar-refractivity contribution < 1.29 is 0 Å². The van der Waals surface area contributed by atoms with E-state index in [4.69, 9.17) is 0 Å². The van der Waals surface area contributed by atoms with Crippen LogP contribution in [0, 0.1) is 11.8 Å². The molecule has 4 aliphatic carbocycles. The molecule has 156 valence electrons. The van der Waals surface area contributed by atoms with Crippen LogP contribution in [-0.4, -0.2) is 30.4 Å². The summed E-state index contributed by atoms with van der Waals surface area (Å²) >= 11 is 0. The van der Waals surface area contributed by atoms with Gasteiger partial charge in [0.2, 0.25) is 0 Å². The van der Waals surface area contributed by atoms with E-state index < -0.39 is 30.4 Å². The van der Waals surface area contributed by atoms with Crippen molar-refractivity contribution in [3.63, 3.8) is 0 Å². The molecule has 1 aliphatic heterocycles. The second-order valence-electron chi connectivity index (χ2n) is 11.9. The van der Waals surface area contributed by atoms with E-state index in [0.717, 1.165) is 0 Å². The molecule has 0 nitrogen and oxygen atoms in total. The number of allylic oxidation sites excluding steroid dienone is 16. The SMILES string of the molecule is C[Si]1(C)C2=CC3C=CC=CC3=C2[Si](C)(C)[Si](C)(C)C2=C(C=C3C=CC=CC32)[Si]1(C)C. The lowest BCUT2D eigenvalue weighted by molar-refractivity contribution is 0.984. The molecule has 5 rings (SSSR count). The van der Waals surface area contributed by atoms with Gasteiger partial charge in [0, 0.05) is 11.8 Å². The highest BCUT2D eigenvalue weighted by Gasteiger charge is 2.60. The van der Waals surface area contributed by atoms with Crippen molar-refractivity contribution in [2.75, 3.05) is 0 Å². The maximum atomic E-state index is 2.74.